The highest BCUT2D eigenvalue weighted by Gasteiger charge is 2.37. The van der Waals surface area contributed by atoms with Gasteiger partial charge in [-0.2, -0.15) is 16.8 Å². The van der Waals surface area contributed by atoms with Gasteiger partial charge >= 0.3 is 12.1 Å². The van der Waals surface area contributed by atoms with Crippen molar-refractivity contribution in [3.63, 3.8) is 0 Å². The summed E-state index contributed by atoms with van der Waals surface area (Å²) in [6, 6.07) is 0. The Morgan fingerprint density at radius 1 is 1.07 bits per heavy atom. The monoisotopic (exact) mass is 450 g/mol. The molecule has 0 aromatic rings. The summed E-state index contributed by atoms with van der Waals surface area (Å²) in [5.74, 6) is -2.63. The Morgan fingerprint density at radius 2 is 1.64 bits per heavy atom. The number of carbonyl (C=O) groups is 2. The number of aliphatic hydroxyl groups excluding tert-OH is 1. The Kier molecular flexibility index (Phi) is 10.3. The van der Waals surface area contributed by atoms with Crippen LogP contribution in [0, 0.1) is 5.41 Å². The summed E-state index contributed by atoms with van der Waals surface area (Å²) in [6.45, 7) is 4.83. The summed E-state index contributed by atoms with van der Waals surface area (Å²) in [4.78, 5) is 23.1. The number of ether oxygens (including phenoxy) is 3. The summed E-state index contributed by atoms with van der Waals surface area (Å²) in [5, 5.41) is 10.1. The van der Waals surface area contributed by atoms with Crippen LogP contribution in [0.25, 0.3) is 0 Å². The van der Waals surface area contributed by atoms with Gasteiger partial charge in [-0.25, -0.2) is 9.59 Å². The molecule has 0 spiro atoms. The van der Waals surface area contributed by atoms with E-state index in [1.165, 1.54) is 20.8 Å². The molecule has 0 aromatic heterocycles. The van der Waals surface area contributed by atoms with Crippen LogP contribution in [0.3, 0.4) is 0 Å². The Bertz CT molecular complexity index is 725. The van der Waals surface area contributed by atoms with Crippen LogP contribution in [0.2, 0.25) is 0 Å². The molecule has 0 radical (unpaired) electrons. The molecule has 1 unspecified atom stereocenters. The maximum Gasteiger partial charge on any atom is 0.511 e. The van der Waals surface area contributed by atoms with Crippen molar-refractivity contribution in [2.75, 3.05) is 24.7 Å². The molecule has 2 atom stereocenters. The second-order valence-corrected chi connectivity index (χ2v) is 9.69. The van der Waals surface area contributed by atoms with E-state index >= 15 is 0 Å². The molecule has 0 saturated heterocycles. The van der Waals surface area contributed by atoms with Crippen LogP contribution >= 0.6 is 0 Å². The molecule has 0 saturated carbocycles. The van der Waals surface area contributed by atoms with Crippen LogP contribution in [-0.2, 0) is 43.4 Å². The van der Waals surface area contributed by atoms with Crippen molar-refractivity contribution < 1.29 is 54.5 Å². The molecule has 0 amide bonds. The Morgan fingerprint density at radius 3 is 2.14 bits per heavy atom. The Labute approximate surface area is 164 Å². The van der Waals surface area contributed by atoms with Gasteiger partial charge < -0.3 is 19.3 Å². The average Bonchev–Trinajstić information content (AvgIpc) is 2.50. The minimum absolute atomic E-state index is 0.0468. The molecule has 12 nitrogen and oxygen atoms in total. The van der Waals surface area contributed by atoms with Crippen LogP contribution in [0.1, 0.15) is 34.1 Å². The van der Waals surface area contributed by atoms with Gasteiger partial charge in [0.2, 0.25) is 6.29 Å². The van der Waals surface area contributed by atoms with Gasteiger partial charge in [0.1, 0.15) is 0 Å². The van der Waals surface area contributed by atoms with E-state index in [2.05, 4.69) is 9.47 Å². The number of esters is 1. The molecule has 0 aliphatic heterocycles. The third-order valence-corrected chi connectivity index (χ3v) is 5.25. The third kappa shape index (κ3) is 11.4. The zero-order chi connectivity index (χ0) is 22.2. The van der Waals surface area contributed by atoms with Crippen molar-refractivity contribution in [3.8, 4) is 0 Å². The molecule has 0 bridgehead atoms. The fraction of sp³-hybridized carbons (Fsp3) is 0.857. The third-order valence-electron chi connectivity index (χ3n) is 3.18. The molecule has 0 fully saturated rings. The van der Waals surface area contributed by atoms with Crippen molar-refractivity contribution in [2.24, 2.45) is 5.41 Å². The lowest BCUT2D eigenvalue weighted by atomic mass is 9.88. The van der Waals surface area contributed by atoms with Gasteiger partial charge in [0.25, 0.3) is 20.2 Å². The van der Waals surface area contributed by atoms with Crippen LogP contribution < -0.4 is 0 Å². The van der Waals surface area contributed by atoms with Gasteiger partial charge in [-0.3, -0.25) is 8.74 Å². The smallest absolute Gasteiger partial charge is 0.435 e. The lowest BCUT2D eigenvalue weighted by Crippen LogP contribution is -2.43. The van der Waals surface area contributed by atoms with E-state index in [0.717, 1.165) is 0 Å². The van der Waals surface area contributed by atoms with Gasteiger partial charge in [0.05, 0.1) is 24.7 Å². The first kappa shape index (κ1) is 26.5. The van der Waals surface area contributed by atoms with Gasteiger partial charge in [-0.15, -0.1) is 0 Å². The summed E-state index contributed by atoms with van der Waals surface area (Å²) < 4.78 is 71.8. The first-order valence-corrected chi connectivity index (χ1v) is 11.3. The molecule has 0 heterocycles. The van der Waals surface area contributed by atoms with Crippen molar-refractivity contribution in [1.82, 2.24) is 0 Å². The Balaban J connectivity index is 4.65. The van der Waals surface area contributed by atoms with Crippen molar-refractivity contribution in [3.05, 3.63) is 0 Å². The zero-order valence-corrected chi connectivity index (χ0v) is 17.6. The first-order chi connectivity index (χ1) is 12.6. The topological polar surface area (TPSA) is 180 Å². The van der Waals surface area contributed by atoms with E-state index in [0.29, 0.717) is 0 Å². The second-order valence-electron chi connectivity index (χ2n) is 6.36. The maximum absolute atomic E-state index is 11.9. The van der Waals surface area contributed by atoms with Crippen LogP contribution in [0.15, 0.2) is 0 Å². The number of rotatable bonds is 12. The van der Waals surface area contributed by atoms with E-state index < -0.39 is 74.7 Å². The lowest BCUT2D eigenvalue weighted by Gasteiger charge is -2.29. The lowest BCUT2D eigenvalue weighted by molar-refractivity contribution is -0.184. The normalized spacial score (nSPS) is 14.8. The highest BCUT2D eigenvalue weighted by molar-refractivity contribution is 7.87. The molecule has 2 N–H and O–H groups in total. The molecule has 14 heteroatoms. The molecular formula is C14H26O12S2. The molecule has 0 aliphatic carbocycles. The Hall–Kier alpha value is -1.48. The summed E-state index contributed by atoms with van der Waals surface area (Å²) >= 11 is 0. The highest BCUT2D eigenvalue weighted by Crippen LogP contribution is 2.24. The summed E-state index contributed by atoms with van der Waals surface area (Å²) in [5.41, 5.74) is -1.42. The number of carbonyl (C=O) groups excluding carboxylic acids is 2. The van der Waals surface area contributed by atoms with E-state index in [-0.39, 0.29) is 6.61 Å². The summed E-state index contributed by atoms with van der Waals surface area (Å²) in [6.07, 6.45) is -4.65. The van der Waals surface area contributed by atoms with E-state index in [1.54, 1.807) is 6.92 Å². The number of hydrogen-bond donors (Lipinski definition) is 2. The summed E-state index contributed by atoms with van der Waals surface area (Å²) in [7, 11) is -8.47. The van der Waals surface area contributed by atoms with E-state index in [4.69, 9.17) is 13.5 Å². The molecule has 28 heavy (non-hydrogen) atoms. The van der Waals surface area contributed by atoms with Gasteiger partial charge in [-0.1, -0.05) is 13.8 Å². The fourth-order valence-corrected chi connectivity index (χ4v) is 3.45. The maximum atomic E-state index is 11.9. The quantitative estimate of drug-likeness (QED) is 0.177. The van der Waals surface area contributed by atoms with Gasteiger partial charge in [-0.05, 0) is 13.3 Å². The molecule has 0 aromatic carbocycles. The zero-order valence-electron chi connectivity index (χ0n) is 16.0. The van der Waals surface area contributed by atoms with Crippen molar-refractivity contribution in [2.45, 2.75) is 46.5 Å². The van der Waals surface area contributed by atoms with E-state index in [1.807, 2.05) is 0 Å². The largest absolute Gasteiger partial charge is 0.511 e. The predicted octanol–water partition coefficient (Wildman–Crippen LogP) is 0.0601. The van der Waals surface area contributed by atoms with Crippen molar-refractivity contribution in [1.29, 1.82) is 0 Å². The molecule has 0 aliphatic rings. The molecule has 166 valence electrons. The van der Waals surface area contributed by atoms with Gasteiger partial charge in [0.15, 0.2) is 6.10 Å². The minimum atomic E-state index is -4.30. The molecular weight excluding hydrogens is 424 g/mol. The van der Waals surface area contributed by atoms with Crippen molar-refractivity contribution >= 4 is 32.4 Å². The van der Waals surface area contributed by atoms with Gasteiger partial charge in [0, 0.05) is 12.3 Å². The van der Waals surface area contributed by atoms with E-state index in [9.17, 15) is 31.5 Å². The molecule has 0 rings (SSSR count). The number of hydrogen-bond acceptors (Lipinski definition) is 11. The second kappa shape index (κ2) is 10.9. The first-order valence-electron chi connectivity index (χ1n) is 8.14. The van der Waals surface area contributed by atoms with Crippen LogP contribution in [0.4, 0.5) is 4.79 Å². The SMILES string of the molecule is CCOC(=O)OC(C)OC(=O)[C@@H](O)C(C)(C)COS(=O)(=O)CCCS(=O)(=O)O. The van der Waals surface area contributed by atoms with Crippen LogP contribution in [0.5, 0.6) is 0 Å². The number of aliphatic hydroxyl groups is 1. The standard InChI is InChI=1S/C14H26O12S2/c1-5-23-13(17)26-10(2)25-12(16)11(15)14(3,4)9-24-28(21,22)8-6-7-27(18,19)20/h10-11,15H,5-9H2,1-4H3,(H,18,19,20)/t10?,11-/m1/s1. The van der Waals surface area contributed by atoms with Crippen LogP contribution in [-0.4, -0.2) is 75.7 Å². The average molecular weight is 450 g/mol. The highest BCUT2D eigenvalue weighted by atomic mass is 32.2. The fourth-order valence-electron chi connectivity index (χ4n) is 1.66. The minimum Gasteiger partial charge on any atom is -0.435 e. The predicted molar refractivity (Wildman–Crippen MR) is 94.2 cm³/mol.